The second-order valence-electron chi connectivity index (χ2n) is 4.05. The monoisotopic (exact) mass is 261 g/mol. The van der Waals surface area contributed by atoms with Crippen LogP contribution in [0, 0.1) is 0 Å². The molecule has 0 saturated heterocycles. The van der Waals surface area contributed by atoms with Gasteiger partial charge in [-0.2, -0.15) is 0 Å². The molecule has 0 aliphatic rings. The van der Waals surface area contributed by atoms with Gasteiger partial charge in [0.2, 0.25) is 0 Å². The number of methoxy groups -OCH3 is 1. The van der Waals surface area contributed by atoms with Crippen LogP contribution in [0.5, 0.6) is 5.75 Å². The van der Waals surface area contributed by atoms with Gasteiger partial charge in [-0.3, -0.25) is 0 Å². The third-order valence-corrected chi connectivity index (χ3v) is 2.77. The molecule has 0 saturated carbocycles. The number of carboxylic acid groups (broad SMARTS) is 1. The minimum atomic E-state index is -1.05. The molecule has 1 aromatic carbocycles. The van der Waals surface area contributed by atoms with Crippen LogP contribution in [0.15, 0.2) is 24.3 Å². The number of carboxylic acids is 1. The van der Waals surface area contributed by atoms with E-state index in [0.717, 1.165) is 17.9 Å². The zero-order valence-electron chi connectivity index (χ0n) is 10.8. The van der Waals surface area contributed by atoms with Crippen LogP contribution in [0.1, 0.15) is 29.5 Å². The van der Waals surface area contributed by atoms with E-state index in [1.807, 2.05) is 19.1 Å². The Morgan fingerprint density at radius 2 is 2.05 bits per heavy atom. The molecule has 2 rings (SSSR count). The highest BCUT2D eigenvalue weighted by Gasteiger charge is 2.18. The van der Waals surface area contributed by atoms with Gasteiger partial charge in [0, 0.05) is 0 Å². The highest BCUT2D eigenvalue weighted by Crippen LogP contribution is 2.18. The minimum Gasteiger partial charge on any atom is -0.497 e. The van der Waals surface area contributed by atoms with Crippen molar-refractivity contribution >= 4 is 5.97 Å². The molecule has 0 radical (unpaired) electrons. The molecule has 0 fully saturated rings. The van der Waals surface area contributed by atoms with Crippen LogP contribution in [-0.2, 0) is 6.42 Å². The average Bonchev–Trinajstić information content (AvgIpc) is 2.83. The van der Waals surface area contributed by atoms with Crippen molar-refractivity contribution in [2.45, 2.75) is 19.8 Å². The molecule has 0 bridgehead atoms. The second kappa shape index (κ2) is 5.51. The number of aromatic carboxylic acids is 1. The molecule has 6 heteroatoms. The number of carbonyl (C=O) groups is 1. The number of rotatable bonds is 5. The summed E-state index contributed by atoms with van der Waals surface area (Å²) in [6.07, 6.45) is 1.43. The van der Waals surface area contributed by atoms with Gasteiger partial charge in [0.25, 0.3) is 0 Å². The summed E-state index contributed by atoms with van der Waals surface area (Å²) in [5, 5.41) is 16.8. The molecule has 2 aromatic rings. The van der Waals surface area contributed by atoms with Gasteiger partial charge in [-0.1, -0.05) is 18.6 Å². The van der Waals surface area contributed by atoms with Crippen LogP contribution in [0.4, 0.5) is 0 Å². The Hall–Kier alpha value is -2.37. The van der Waals surface area contributed by atoms with Gasteiger partial charge < -0.3 is 9.84 Å². The van der Waals surface area contributed by atoms with Crippen molar-refractivity contribution in [3.05, 3.63) is 35.7 Å². The molecule has 1 heterocycles. The van der Waals surface area contributed by atoms with Gasteiger partial charge in [-0.05, 0) is 30.7 Å². The van der Waals surface area contributed by atoms with Crippen LogP contribution in [0.25, 0.3) is 5.69 Å². The van der Waals surface area contributed by atoms with Gasteiger partial charge in [0.15, 0.2) is 5.69 Å². The molecule has 0 aliphatic carbocycles. The summed E-state index contributed by atoms with van der Waals surface area (Å²) in [4.78, 5) is 11.1. The molecule has 0 atom stereocenters. The normalized spacial score (nSPS) is 10.4. The summed E-state index contributed by atoms with van der Waals surface area (Å²) < 4.78 is 6.65. The number of benzene rings is 1. The third-order valence-electron chi connectivity index (χ3n) is 2.77. The Morgan fingerprint density at radius 1 is 1.37 bits per heavy atom. The zero-order valence-corrected chi connectivity index (χ0v) is 10.8. The third kappa shape index (κ3) is 2.57. The van der Waals surface area contributed by atoms with Crippen molar-refractivity contribution < 1.29 is 14.6 Å². The Morgan fingerprint density at radius 3 is 2.58 bits per heavy atom. The minimum absolute atomic E-state index is 0.0117. The number of aromatic nitrogens is 3. The van der Waals surface area contributed by atoms with E-state index >= 15 is 0 Å². The maximum Gasteiger partial charge on any atom is 0.358 e. The van der Waals surface area contributed by atoms with Crippen LogP contribution < -0.4 is 4.74 Å². The van der Waals surface area contributed by atoms with E-state index in [1.165, 1.54) is 0 Å². The molecular weight excluding hydrogens is 246 g/mol. The van der Waals surface area contributed by atoms with Crippen LogP contribution >= 0.6 is 0 Å². The fraction of sp³-hybridized carbons (Fsp3) is 0.308. The SMILES string of the molecule is CCCc1c(C(=O)O)nnn1-c1ccc(OC)cc1. The molecule has 6 nitrogen and oxygen atoms in total. The lowest BCUT2D eigenvalue weighted by Crippen LogP contribution is -2.06. The summed E-state index contributed by atoms with van der Waals surface area (Å²) in [5.74, 6) is -0.317. The first-order valence-electron chi connectivity index (χ1n) is 5.99. The van der Waals surface area contributed by atoms with Gasteiger partial charge in [-0.15, -0.1) is 5.10 Å². The molecule has 19 heavy (non-hydrogen) atoms. The first-order chi connectivity index (χ1) is 9.17. The quantitative estimate of drug-likeness (QED) is 0.889. The zero-order chi connectivity index (χ0) is 13.8. The molecular formula is C13H15N3O3. The lowest BCUT2D eigenvalue weighted by atomic mass is 10.2. The van der Waals surface area contributed by atoms with Crippen molar-refractivity contribution in [1.82, 2.24) is 15.0 Å². The van der Waals surface area contributed by atoms with E-state index < -0.39 is 5.97 Å². The largest absolute Gasteiger partial charge is 0.497 e. The second-order valence-corrected chi connectivity index (χ2v) is 4.05. The lowest BCUT2D eigenvalue weighted by Gasteiger charge is -2.07. The van der Waals surface area contributed by atoms with Crippen molar-refractivity contribution in [3.63, 3.8) is 0 Å². The van der Waals surface area contributed by atoms with Gasteiger partial charge in [0.05, 0.1) is 18.5 Å². The van der Waals surface area contributed by atoms with Crippen LogP contribution in [0.3, 0.4) is 0 Å². The molecule has 0 unspecified atom stereocenters. The first-order valence-corrected chi connectivity index (χ1v) is 5.99. The molecule has 0 amide bonds. The number of ether oxygens (including phenoxy) is 1. The summed E-state index contributed by atoms with van der Waals surface area (Å²) in [7, 11) is 1.59. The fourth-order valence-corrected chi connectivity index (χ4v) is 1.86. The fourth-order valence-electron chi connectivity index (χ4n) is 1.86. The highest BCUT2D eigenvalue weighted by molar-refractivity contribution is 5.86. The van der Waals surface area contributed by atoms with E-state index in [2.05, 4.69) is 10.3 Å². The molecule has 1 N–H and O–H groups in total. The van der Waals surface area contributed by atoms with Gasteiger partial charge in [-0.25, -0.2) is 9.48 Å². The van der Waals surface area contributed by atoms with E-state index in [4.69, 9.17) is 9.84 Å². The maximum atomic E-state index is 11.1. The summed E-state index contributed by atoms with van der Waals surface area (Å²) in [6, 6.07) is 7.23. The van der Waals surface area contributed by atoms with Crippen molar-refractivity contribution in [2.75, 3.05) is 7.11 Å². The van der Waals surface area contributed by atoms with Gasteiger partial charge in [0.1, 0.15) is 5.75 Å². The summed E-state index contributed by atoms with van der Waals surface area (Å²) in [5.41, 5.74) is 1.39. The lowest BCUT2D eigenvalue weighted by molar-refractivity contribution is 0.0689. The molecule has 1 aromatic heterocycles. The smallest absolute Gasteiger partial charge is 0.358 e. The van der Waals surface area contributed by atoms with Gasteiger partial charge >= 0.3 is 5.97 Å². The Kier molecular flexibility index (Phi) is 3.79. The topological polar surface area (TPSA) is 77.2 Å². The Balaban J connectivity index is 2.45. The molecule has 100 valence electrons. The number of nitrogens with zero attached hydrogens (tertiary/aromatic N) is 3. The van der Waals surface area contributed by atoms with E-state index in [0.29, 0.717) is 12.1 Å². The van der Waals surface area contributed by atoms with E-state index in [-0.39, 0.29) is 5.69 Å². The Bertz CT molecular complexity index is 575. The van der Waals surface area contributed by atoms with Crippen molar-refractivity contribution in [2.24, 2.45) is 0 Å². The highest BCUT2D eigenvalue weighted by atomic mass is 16.5. The standard InChI is InChI=1S/C13H15N3O3/c1-3-4-11-12(13(17)18)14-15-16(11)9-5-7-10(19-2)8-6-9/h5-8H,3-4H2,1-2H3,(H,17,18). The van der Waals surface area contributed by atoms with Crippen LogP contribution in [0.2, 0.25) is 0 Å². The maximum absolute atomic E-state index is 11.1. The summed E-state index contributed by atoms with van der Waals surface area (Å²) in [6.45, 7) is 1.98. The van der Waals surface area contributed by atoms with E-state index in [1.54, 1.807) is 23.9 Å². The molecule has 0 aliphatic heterocycles. The summed E-state index contributed by atoms with van der Waals surface area (Å²) >= 11 is 0. The predicted octanol–water partition coefficient (Wildman–Crippen LogP) is 1.93. The van der Waals surface area contributed by atoms with Crippen molar-refractivity contribution in [3.8, 4) is 11.4 Å². The first kappa shape index (κ1) is 13.1. The average molecular weight is 261 g/mol. The number of hydrogen-bond acceptors (Lipinski definition) is 4. The molecule has 0 spiro atoms. The Labute approximate surface area is 110 Å². The van der Waals surface area contributed by atoms with Crippen molar-refractivity contribution in [1.29, 1.82) is 0 Å². The predicted molar refractivity (Wildman–Crippen MR) is 68.9 cm³/mol. The number of hydrogen-bond donors (Lipinski definition) is 1. The van der Waals surface area contributed by atoms with Crippen LogP contribution in [-0.4, -0.2) is 33.2 Å². The van der Waals surface area contributed by atoms with E-state index in [9.17, 15) is 4.79 Å².